The summed E-state index contributed by atoms with van der Waals surface area (Å²) in [6.07, 6.45) is -3.54. The van der Waals surface area contributed by atoms with Gasteiger partial charge in [0.05, 0.1) is 6.61 Å². The molecular weight excluding hydrogens is 589 g/mol. The van der Waals surface area contributed by atoms with E-state index in [0.717, 1.165) is 18.4 Å². The van der Waals surface area contributed by atoms with Gasteiger partial charge in [-0.2, -0.15) is 18.2 Å². The number of benzene rings is 2. The van der Waals surface area contributed by atoms with E-state index in [1.54, 1.807) is 12.1 Å². The zero-order valence-electron chi connectivity index (χ0n) is 21.3. The molecule has 0 spiro atoms. The largest absolute Gasteiger partial charge is 0.455 e. The number of sulfonamides is 1. The minimum absolute atomic E-state index is 0.0278. The smallest absolute Gasteiger partial charge is 0.422 e. The van der Waals surface area contributed by atoms with Crippen molar-refractivity contribution in [2.24, 2.45) is 9.98 Å². The molecule has 0 radical (unpaired) electrons. The molecule has 2 saturated carbocycles. The van der Waals surface area contributed by atoms with Gasteiger partial charge in [0.2, 0.25) is 22.3 Å². The summed E-state index contributed by atoms with van der Waals surface area (Å²) in [6, 6.07) is 12.4. The third-order valence-electron chi connectivity index (χ3n) is 6.94. The van der Waals surface area contributed by atoms with E-state index < -0.39 is 57.9 Å². The lowest BCUT2D eigenvalue weighted by Gasteiger charge is -2.26. The number of carbonyl (C=O) groups excluding carboxylic acids is 1. The fourth-order valence-corrected chi connectivity index (χ4v) is 5.73. The number of amides is 1. The van der Waals surface area contributed by atoms with Gasteiger partial charge in [-0.3, -0.25) is 15.4 Å². The number of hydrogen-bond donors (Lipinski definition) is 5. The Hall–Kier alpha value is -3.40. The van der Waals surface area contributed by atoms with Crippen LogP contribution in [0.2, 0.25) is 5.02 Å². The fourth-order valence-electron chi connectivity index (χ4n) is 4.22. The van der Waals surface area contributed by atoms with Crippen LogP contribution in [0.3, 0.4) is 0 Å². The molecule has 0 aromatic heterocycles. The van der Waals surface area contributed by atoms with Crippen LogP contribution in [0.25, 0.3) is 0 Å². The van der Waals surface area contributed by atoms with Crippen LogP contribution in [0.5, 0.6) is 0 Å². The number of carbonyl (C=O) groups is 1. The number of nitrogens with zero attached hydrogens (tertiary/aromatic N) is 2. The molecule has 1 heterocycles. The molecule has 16 heteroatoms. The SMILES string of the molecule is O=C(NS(=O)(=O)C1(CO)CC1)c1ccc(NC2=NC(NC3(c4ccc(Cl)cc4)CC3)N=C(OCC(F)(F)F)N2)cc1. The highest BCUT2D eigenvalue weighted by Gasteiger charge is 2.55. The average molecular weight is 615 g/mol. The molecule has 41 heavy (non-hydrogen) atoms. The van der Waals surface area contributed by atoms with Crippen LogP contribution in [-0.2, 0) is 20.3 Å². The number of guanidine groups is 1. The lowest BCUT2D eigenvalue weighted by Crippen LogP contribution is -2.48. The summed E-state index contributed by atoms with van der Waals surface area (Å²) in [6.45, 7) is -2.15. The van der Waals surface area contributed by atoms with Crippen LogP contribution in [0.4, 0.5) is 18.9 Å². The van der Waals surface area contributed by atoms with Crippen molar-refractivity contribution in [3.05, 3.63) is 64.7 Å². The fraction of sp³-hybridized carbons (Fsp3) is 0.400. The van der Waals surface area contributed by atoms with Gasteiger partial charge in [0.1, 0.15) is 4.75 Å². The maximum Gasteiger partial charge on any atom is 0.422 e. The third-order valence-corrected chi connectivity index (χ3v) is 9.33. The minimum Gasteiger partial charge on any atom is -0.455 e. The molecule has 2 aromatic rings. The lowest BCUT2D eigenvalue weighted by molar-refractivity contribution is -0.156. The van der Waals surface area contributed by atoms with Crippen LogP contribution in [0, 0.1) is 0 Å². The topological polar surface area (TPSA) is 154 Å². The number of anilines is 1. The second-order valence-electron chi connectivity index (χ2n) is 10.0. The van der Waals surface area contributed by atoms with Crippen LogP contribution < -0.4 is 20.7 Å². The Kier molecular flexibility index (Phi) is 7.65. The first kappa shape index (κ1) is 29.1. The van der Waals surface area contributed by atoms with E-state index in [1.807, 2.05) is 16.9 Å². The van der Waals surface area contributed by atoms with Crippen molar-refractivity contribution in [3.63, 3.8) is 0 Å². The van der Waals surface area contributed by atoms with Gasteiger partial charge in [0.15, 0.2) is 6.61 Å². The summed E-state index contributed by atoms with van der Waals surface area (Å²) < 4.78 is 68.8. The average Bonchev–Trinajstić information content (AvgIpc) is 3.84. The Balaban J connectivity index is 1.29. The first-order valence-electron chi connectivity index (χ1n) is 12.5. The molecule has 1 unspecified atom stereocenters. The van der Waals surface area contributed by atoms with Gasteiger partial charge in [0.25, 0.3) is 11.9 Å². The number of alkyl halides is 3. The molecule has 5 rings (SSSR count). The Morgan fingerprint density at radius 1 is 1.07 bits per heavy atom. The molecule has 1 atom stereocenters. The molecule has 0 bridgehead atoms. The zero-order valence-corrected chi connectivity index (χ0v) is 22.9. The molecule has 2 fully saturated rings. The van der Waals surface area contributed by atoms with Crippen molar-refractivity contribution in [1.29, 1.82) is 0 Å². The molecule has 2 aliphatic carbocycles. The number of rotatable bonds is 9. The Labute approximate surface area is 238 Å². The van der Waals surface area contributed by atoms with Crippen LogP contribution >= 0.6 is 11.6 Å². The summed E-state index contributed by atoms with van der Waals surface area (Å²) in [5.41, 5.74) is 0.879. The highest BCUT2D eigenvalue weighted by Crippen LogP contribution is 2.46. The van der Waals surface area contributed by atoms with Gasteiger partial charge in [0, 0.05) is 21.8 Å². The summed E-state index contributed by atoms with van der Waals surface area (Å²) in [7, 11) is -4.05. The molecule has 0 saturated heterocycles. The van der Waals surface area contributed by atoms with Crippen molar-refractivity contribution < 1.29 is 36.2 Å². The molecule has 3 aliphatic rings. The predicted molar refractivity (Wildman–Crippen MR) is 145 cm³/mol. The highest BCUT2D eigenvalue weighted by atomic mass is 35.5. The molecule has 220 valence electrons. The third kappa shape index (κ3) is 6.74. The van der Waals surface area contributed by atoms with E-state index >= 15 is 0 Å². The second-order valence-corrected chi connectivity index (χ2v) is 12.5. The molecule has 11 nitrogen and oxygen atoms in total. The van der Waals surface area contributed by atoms with E-state index in [9.17, 15) is 31.5 Å². The van der Waals surface area contributed by atoms with Gasteiger partial charge in [-0.25, -0.2) is 18.1 Å². The first-order chi connectivity index (χ1) is 19.3. The van der Waals surface area contributed by atoms with Gasteiger partial charge in [-0.1, -0.05) is 23.7 Å². The second kappa shape index (κ2) is 10.8. The van der Waals surface area contributed by atoms with Crippen molar-refractivity contribution in [1.82, 2.24) is 15.4 Å². The summed E-state index contributed by atoms with van der Waals surface area (Å²) in [5.74, 6) is -0.833. The van der Waals surface area contributed by atoms with Crippen LogP contribution in [0.15, 0.2) is 58.5 Å². The minimum atomic E-state index is -4.59. The van der Waals surface area contributed by atoms with Crippen molar-refractivity contribution in [2.45, 2.75) is 48.4 Å². The number of aliphatic imine (C=N–C) groups is 2. The number of aliphatic hydroxyl groups excluding tert-OH is 1. The number of amidine groups is 1. The van der Waals surface area contributed by atoms with Gasteiger partial charge >= 0.3 is 6.18 Å². The lowest BCUT2D eigenvalue weighted by atomic mass is 10.1. The monoisotopic (exact) mass is 614 g/mol. The van der Waals surface area contributed by atoms with E-state index in [-0.39, 0.29) is 24.4 Å². The summed E-state index contributed by atoms with van der Waals surface area (Å²) in [4.78, 5) is 21.1. The summed E-state index contributed by atoms with van der Waals surface area (Å²) >= 11 is 6.00. The van der Waals surface area contributed by atoms with Crippen LogP contribution in [-0.4, -0.2) is 61.8 Å². The molecule has 5 N–H and O–H groups in total. The standard InChI is InChI=1S/C25H26ClF3N6O5S/c26-17-5-3-16(4-6-17)24(11-12-24)34-21-31-20(32-22(33-21)40-14-25(27,28)29)30-18-7-1-15(2-8-18)19(37)35-41(38,39)23(13-36)9-10-23/h1-8,21,34,36H,9-14H2,(H,35,37)(H2,30,31,32,33). The summed E-state index contributed by atoms with van der Waals surface area (Å²) in [5, 5.41) is 18.7. The van der Waals surface area contributed by atoms with Crippen molar-refractivity contribution in [3.8, 4) is 0 Å². The number of aliphatic hydroxyl groups is 1. The normalized spacial score (nSPS) is 20.7. The van der Waals surface area contributed by atoms with Crippen molar-refractivity contribution in [2.75, 3.05) is 18.5 Å². The van der Waals surface area contributed by atoms with E-state index in [1.165, 1.54) is 24.3 Å². The van der Waals surface area contributed by atoms with Gasteiger partial charge in [-0.05, 0) is 67.6 Å². The van der Waals surface area contributed by atoms with E-state index in [0.29, 0.717) is 10.7 Å². The Bertz CT molecular complexity index is 1470. The quantitative estimate of drug-likeness (QED) is 0.289. The number of ether oxygens (including phenoxy) is 1. The van der Waals surface area contributed by atoms with E-state index in [2.05, 4.69) is 25.9 Å². The zero-order chi connectivity index (χ0) is 29.5. The number of halogens is 4. The molecule has 1 amide bonds. The molecule has 2 aromatic carbocycles. The van der Waals surface area contributed by atoms with E-state index in [4.69, 9.17) is 16.3 Å². The van der Waals surface area contributed by atoms with Crippen LogP contribution in [0.1, 0.15) is 41.6 Å². The van der Waals surface area contributed by atoms with Gasteiger partial charge < -0.3 is 15.2 Å². The maximum absolute atomic E-state index is 12.8. The Morgan fingerprint density at radius 2 is 1.73 bits per heavy atom. The number of hydrogen-bond acceptors (Lipinski definition) is 10. The van der Waals surface area contributed by atoms with Gasteiger partial charge in [-0.15, -0.1) is 0 Å². The van der Waals surface area contributed by atoms with Crippen molar-refractivity contribution >= 4 is 45.2 Å². The Morgan fingerprint density at radius 3 is 2.29 bits per heavy atom. The maximum atomic E-state index is 12.8. The molecular formula is C25H26ClF3N6O5S. The highest BCUT2D eigenvalue weighted by molar-refractivity contribution is 7.91. The predicted octanol–water partition coefficient (Wildman–Crippen LogP) is 2.79. The first-order valence-corrected chi connectivity index (χ1v) is 14.4. The number of nitrogens with one attached hydrogen (secondary N) is 4. The molecule has 1 aliphatic heterocycles.